The lowest BCUT2D eigenvalue weighted by Gasteiger charge is -2.24. The summed E-state index contributed by atoms with van der Waals surface area (Å²) in [4.78, 5) is 12.7. The van der Waals surface area contributed by atoms with Gasteiger partial charge in [-0.25, -0.2) is 16.8 Å². The number of rotatable bonds is 10. The van der Waals surface area contributed by atoms with Gasteiger partial charge in [-0.1, -0.05) is 32.9 Å². The second-order valence-electron chi connectivity index (χ2n) is 9.81. The van der Waals surface area contributed by atoms with Crippen LogP contribution in [0.4, 0.5) is 17.1 Å². The summed E-state index contributed by atoms with van der Waals surface area (Å²) in [6.07, 6.45) is 1.03. The van der Waals surface area contributed by atoms with Crippen molar-refractivity contribution in [1.29, 1.82) is 0 Å². The van der Waals surface area contributed by atoms with E-state index in [0.717, 1.165) is 16.1 Å². The molecule has 0 radical (unpaired) electrons. The number of ether oxygens (including phenoxy) is 2. The Balaban J connectivity index is 1.73. The maximum atomic E-state index is 12.9. The van der Waals surface area contributed by atoms with Crippen LogP contribution in [0.1, 0.15) is 26.3 Å². The van der Waals surface area contributed by atoms with Gasteiger partial charge in [-0.3, -0.25) is 13.8 Å². The van der Waals surface area contributed by atoms with E-state index in [4.69, 9.17) is 9.47 Å². The molecule has 0 saturated carbocycles. The molecule has 0 aliphatic heterocycles. The molecule has 0 fully saturated rings. The quantitative estimate of drug-likeness (QED) is 0.370. The van der Waals surface area contributed by atoms with Crippen LogP contribution in [-0.4, -0.2) is 49.8 Å². The van der Waals surface area contributed by atoms with E-state index in [1.54, 1.807) is 24.3 Å². The van der Waals surface area contributed by atoms with E-state index in [1.165, 1.54) is 44.6 Å². The first-order valence-corrected chi connectivity index (χ1v) is 15.2. The number of methoxy groups -OCH3 is 2. The summed E-state index contributed by atoms with van der Waals surface area (Å²) in [5.74, 6) is 0.202. The van der Waals surface area contributed by atoms with Crippen LogP contribution in [0.5, 0.6) is 11.5 Å². The highest BCUT2D eigenvalue weighted by atomic mass is 32.2. The van der Waals surface area contributed by atoms with Crippen molar-refractivity contribution in [2.45, 2.75) is 31.1 Å². The first-order chi connectivity index (χ1) is 18.1. The van der Waals surface area contributed by atoms with Crippen molar-refractivity contribution in [3.05, 3.63) is 72.3 Å². The minimum Gasteiger partial charge on any atom is -0.497 e. The highest BCUT2D eigenvalue weighted by molar-refractivity contribution is 7.92. The van der Waals surface area contributed by atoms with Gasteiger partial charge in [-0.05, 0) is 59.5 Å². The summed E-state index contributed by atoms with van der Waals surface area (Å²) in [5.41, 5.74) is 1.81. The minimum atomic E-state index is -3.97. The van der Waals surface area contributed by atoms with Crippen LogP contribution in [0.2, 0.25) is 0 Å². The number of sulfonamides is 2. The Labute approximate surface area is 230 Å². The zero-order chi connectivity index (χ0) is 29.0. The molecule has 0 bridgehead atoms. The van der Waals surface area contributed by atoms with E-state index in [0.29, 0.717) is 17.1 Å². The Morgan fingerprint density at radius 2 is 1.49 bits per heavy atom. The smallest absolute Gasteiger partial charge is 0.262 e. The average molecular weight is 576 g/mol. The molecule has 0 atom stereocenters. The van der Waals surface area contributed by atoms with Crippen molar-refractivity contribution in [1.82, 2.24) is 0 Å². The van der Waals surface area contributed by atoms with Crippen LogP contribution in [-0.2, 0) is 30.3 Å². The predicted molar refractivity (Wildman–Crippen MR) is 153 cm³/mol. The summed E-state index contributed by atoms with van der Waals surface area (Å²) >= 11 is 0. The minimum absolute atomic E-state index is 0.0462. The molecule has 3 rings (SSSR count). The van der Waals surface area contributed by atoms with Gasteiger partial charge in [-0.2, -0.15) is 0 Å². The van der Waals surface area contributed by atoms with Crippen molar-refractivity contribution in [3.63, 3.8) is 0 Å². The van der Waals surface area contributed by atoms with Crippen LogP contribution in [0, 0.1) is 0 Å². The van der Waals surface area contributed by atoms with Gasteiger partial charge in [0.25, 0.3) is 10.0 Å². The molecular formula is C27H33N3O7S2. The first-order valence-electron chi connectivity index (χ1n) is 11.9. The lowest BCUT2D eigenvalue weighted by atomic mass is 9.87. The summed E-state index contributed by atoms with van der Waals surface area (Å²) in [6, 6.07) is 17.2. The van der Waals surface area contributed by atoms with Crippen molar-refractivity contribution in [2.24, 2.45) is 0 Å². The molecule has 0 saturated heterocycles. The fourth-order valence-corrected chi connectivity index (χ4v) is 5.59. The van der Waals surface area contributed by atoms with Crippen LogP contribution >= 0.6 is 0 Å². The van der Waals surface area contributed by atoms with Crippen LogP contribution in [0.3, 0.4) is 0 Å². The molecule has 39 heavy (non-hydrogen) atoms. The molecule has 0 aliphatic carbocycles. The van der Waals surface area contributed by atoms with Gasteiger partial charge in [-0.15, -0.1) is 0 Å². The molecule has 0 spiro atoms. The largest absolute Gasteiger partial charge is 0.497 e. The standard InChI is InChI=1S/C27H33N3O7S2/c1-27(2,3)19-7-11-21(12-8-19)30(38(6,32)33)18-26(31)28-20-9-14-23(15-10-20)39(34,35)29-24-16-13-22(36-4)17-25(24)37-5/h7-17,29H,18H2,1-6H3,(H,28,31). The lowest BCUT2D eigenvalue weighted by molar-refractivity contribution is -0.114. The van der Waals surface area contributed by atoms with E-state index in [1.807, 2.05) is 32.9 Å². The van der Waals surface area contributed by atoms with Gasteiger partial charge < -0.3 is 14.8 Å². The summed E-state index contributed by atoms with van der Waals surface area (Å²) < 4.78 is 64.5. The van der Waals surface area contributed by atoms with Gasteiger partial charge in [0.1, 0.15) is 18.0 Å². The number of hydrogen-bond acceptors (Lipinski definition) is 7. The number of hydrogen-bond donors (Lipinski definition) is 2. The zero-order valence-electron chi connectivity index (χ0n) is 22.7. The Morgan fingerprint density at radius 1 is 0.872 bits per heavy atom. The summed E-state index contributed by atoms with van der Waals surface area (Å²) in [5, 5.41) is 2.61. The number of anilines is 3. The van der Waals surface area contributed by atoms with E-state index < -0.39 is 32.5 Å². The van der Waals surface area contributed by atoms with Crippen molar-refractivity contribution < 1.29 is 31.1 Å². The van der Waals surface area contributed by atoms with Gasteiger partial charge in [0.05, 0.1) is 36.7 Å². The van der Waals surface area contributed by atoms with Crippen LogP contribution in [0.25, 0.3) is 0 Å². The number of carbonyl (C=O) groups excluding carboxylic acids is 1. The normalized spacial score (nSPS) is 11.9. The number of carbonyl (C=O) groups is 1. The van der Waals surface area contributed by atoms with Gasteiger partial charge in [0, 0.05) is 11.8 Å². The zero-order valence-corrected chi connectivity index (χ0v) is 24.3. The first kappa shape index (κ1) is 29.8. The molecule has 12 heteroatoms. The van der Waals surface area contributed by atoms with Gasteiger partial charge >= 0.3 is 0 Å². The molecule has 3 aromatic rings. The average Bonchev–Trinajstić information content (AvgIpc) is 2.86. The van der Waals surface area contributed by atoms with Gasteiger partial charge in [0.2, 0.25) is 15.9 Å². The third-order valence-corrected chi connectivity index (χ3v) is 8.33. The molecule has 1 amide bonds. The molecule has 10 nitrogen and oxygen atoms in total. The van der Waals surface area contributed by atoms with Gasteiger partial charge in [0.15, 0.2) is 0 Å². The third kappa shape index (κ3) is 7.64. The SMILES string of the molecule is COc1ccc(NS(=O)(=O)c2ccc(NC(=O)CN(c3ccc(C(C)(C)C)cc3)S(C)(=O)=O)cc2)c(OC)c1. The monoisotopic (exact) mass is 575 g/mol. The van der Waals surface area contributed by atoms with E-state index in [-0.39, 0.29) is 21.7 Å². The molecule has 0 aromatic heterocycles. The Hall–Kier alpha value is -3.77. The molecular weight excluding hydrogens is 542 g/mol. The maximum absolute atomic E-state index is 12.9. The summed E-state index contributed by atoms with van der Waals surface area (Å²) in [7, 11) is -4.82. The Bertz CT molecular complexity index is 1530. The molecule has 3 aromatic carbocycles. The van der Waals surface area contributed by atoms with Crippen molar-refractivity contribution in [2.75, 3.05) is 41.4 Å². The Morgan fingerprint density at radius 3 is 2.00 bits per heavy atom. The second kappa shape index (κ2) is 11.5. The predicted octanol–water partition coefficient (Wildman–Crippen LogP) is 4.21. The third-order valence-electron chi connectivity index (χ3n) is 5.81. The number of nitrogens with zero attached hydrogens (tertiary/aromatic N) is 1. The number of amides is 1. The lowest BCUT2D eigenvalue weighted by Crippen LogP contribution is -2.37. The van der Waals surface area contributed by atoms with Crippen LogP contribution in [0.15, 0.2) is 71.6 Å². The van der Waals surface area contributed by atoms with E-state index in [9.17, 15) is 21.6 Å². The number of benzene rings is 3. The molecule has 0 aliphatic rings. The van der Waals surface area contributed by atoms with Crippen molar-refractivity contribution in [3.8, 4) is 11.5 Å². The fourth-order valence-electron chi connectivity index (χ4n) is 3.66. The summed E-state index contributed by atoms with van der Waals surface area (Å²) in [6.45, 7) is 5.69. The van der Waals surface area contributed by atoms with Crippen LogP contribution < -0.4 is 23.8 Å². The second-order valence-corrected chi connectivity index (χ2v) is 13.4. The molecule has 210 valence electrons. The number of nitrogens with one attached hydrogen (secondary N) is 2. The topological polar surface area (TPSA) is 131 Å². The highest BCUT2D eigenvalue weighted by Gasteiger charge is 2.23. The van der Waals surface area contributed by atoms with E-state index >= 15 is 0 Å². The Kier molecular flexibility index (Phi) is 8.81. The molecule has 2 N–H and O–H groups in total. The fraction of sp³-hybridized carbons (Fsp3) is 0.296. The highest BCUT2D eigenvalue weighted by Crippen LogP contribution is 2.31. The molecule has 0 unspecified atom stereocenters. The van der Waals surface area contributed by atoms with E-state index in [2.05, 4.69) is 10.0 Å². The molecule has 0 heterocycles. The maximum Gasteiger partial charge on any atom is 0.262 e. The van der Waals surface area contributed by atoms with Crippen molar-refractivity contribution >= 4 is 43.0 Å².